The average molecular weight is 355 g/mol. The minimum Gasteiger partial charge on any atom is -0.508 e. The van der Waals surface area contributed by atoms with Crippen molar-refractivity contribution in [2.75, 3.05) is 6.61 Å². The summed E-state index contributed by atoms with van der Waals surface area (Å²) in [7, 11) is 0. The monoisotopic (exact) mass is 355 g/mol. The van der Waals surface area contributed by atoms with E-state index in [1.807, 2.05) is 30.3 Å². The summed E-state index contributed by atoms with van der Waals surface area (Å²) in [5.41, 5.74) is 2.02. The Balaban J connectivity index is 1.89. The predicted octanol–water partition coefficient (Wildman–Crippen LogP) is 3.01. The van der Waals surface area contributed by atoms with Crippen molar-refractivity contribution in [1.82, 2.24) is 5.32 Å². The van der Waals surface area contributed by atoms with Gasteiger partial charge in [-0.2, -0.15) is 0 Å². The maximum absolute atomic E-state index is 12.2. The zero-order valence-corrected chi connectivity index (χ0v) is 15.0. The molecule has 0 aromatic heterocycles. The van der Waals surface area contributed by atoms with Crippen LogP contribution in [0.25, 0.3) is 0 Å². The van der Waals surface area contributed by atoms with Crippen LogP contribution in [0, 0.1) is 0 Å². The smallest absolute Gasteiger partial charge is 0.328 e. The molecular formula is C21H25NO4. The fourth-order valence-corrected chi connectivity index (χ4v) is 2.67. The lowest BCUT2D eigenvalue weighted by molar-refractivity contribution is -0.147. The first kappa shape index (κ1) is 19.5. The van der Waals surface area contributed by atoms with Crippen molar-refractivity contribution in [2.24, 2.45) is 0 Å². The van der Waals surface area contributed by atoms with Gasteiger partial charge in [0.15, 0.2) is 0 Å². The van der Waals surface area contributed by atoms with E-state index in [2.05, 4.69) is 5.32 Å². The number of carbonyl (C=O) groups excluding carboxylic acids is 2. The summed E-state index contributed by atoms with van der Waals surface area (Å²) in [5, 5.41) is 12.1. The quantitative estimate of drug-likeness (QED) is 0.678. The lowest BCUT2D eigenvalue weighted by Crippen LogP contribution is -2.43. The first-order valence-corrected chi connectivity index (χ1v) is 8.86. The topological polar surface area (TPSA) is 75.6 Å². The van der Waals surface area contributed by atoms with Crippen LogP contribution in [0.3, 0.4) is 0 Å². The molecule has 0 unspecified atom stereocenters. The minimum atomic E-state index is -0.733. The Morgan fingerprint density at radius 1 is 1.04 bits per heavy atom. The van der Waals surface area contributed by atoms with Gasteiger partial charge >= 0.3 is 5.97 Å². The number of ether oxygens (including phenoxy) is 1. The number of aromatic hydroxyl groups is 1. The second-order valence-electron chi connectivity index (χ2n) is 6.08. The molecule has 0 aliphatic rings. The number of phenolic OH excluding ortho intramolecular Hbond substituents is 1. The summed E-state index contributed by atoms with van der Waals surface area (Å²) < 4.78 is 5.07. The molecule has 0 aliphatic carbocycles. The second kappa shape index (κ2) is 10.2. The van der Waals surface area contributed by atoms with E-state index in [4.69, 9.17) is 4.74 Å². The summed E-state index contributed by atoms with van der Waals surface area (Å²) in [6.45, 7) is 1.99. The van der Waals surface area contributed by atoms with Gasteiger partial charge in [0, 0.05) is 12.8 Å². The van der Waals surface area contributed by atoms with Crippen LogP contribution in [0.4, 0.5) is 0 Å². The SMILES string of the molecule is CCOC(=O)[C@H](Cc1ccc(O)cc1)NC(=O)CCCc1ccccc1. The number of phenols is 1. The van der Waals surface area contributed by atoms with Gasteiger partial charge < -0.3 is 15.2 Å². The highest BCUT2D eigenvalue weighted by molar-refractivity contribution is 5.84. The molecule has 2 aromatic rings. The van der Waals surface area contributed by atoms with Crippen LogP contribution in [0.1, 0.15) is 30.9 Å². The fraction of sp³-hybridized carbons (Fsp3) is 0.333. The predicted molar refractivity (Wildman–Crippen MR) is 99.8 cm³/mol. The number of amides is 1. The maximum Gasteiger partial charge on any atom is 0.328 e. The van der Waals surface area contributed by atoms with Gasteiger partial charge in [0.25, 0.3) is 0 Å². The van der Waals surface area contributed by atoms with Crippen LogP contribution < -0.4 is 5.32 Å². The molecule has 5 nitrogen and oxygen atoms in total. The van der Waals surface area contributed by atoms with E-state index in [1.54, 1.807) is 31.2 Å². The molecule has 0 fully saturated rings. The largest absolute Gasteiger partial charge is 0.508 e. The van der Waals surface area contributed by atoms with Crippen molar-refractivity contribution in [1.29, 1.82) is 0 Å². The van der Waals surface area contributed by atoms with Crippen LogP contribution >= 0.6 is 0 Å². The number of rotatable bonds is 9. The Morgan fingerprint density at radius 3 is 2.38 bits per heavy atom. The van der Waals surface area contributed by atoms with Crippen molar-refractivity contribution < 1.29 is 19.4 Å². The number of carbonyl (C=O) groups is 2. The second-order valence-corrected chi connectivity index (χ2v) is 6.08. The zero-order valence-electron chi connectivity index (χ0n) is 15.0. The molecule has 0 spiro atoms. The molecule has 0 aliphatic heterocycles. The summed E-state index contributed by atoms with van der Waals surface area (Å²) in [4.78, 5) is 24.4. The molecule has 0 saturated carbocycles. The molecule has 0 heterocycles. The highest BCUT2D eigenvalue weighted by atomic mass is 16.5. The highest BCUT2D eigenvalue weighted by Crippen LogP contribution is 2.12. The van der Waals surface area contributed by atoms with Gasteiger partial charge in [-0.3, -0.25) is 4.79 Å². The summed E-state index contributed by atoms with van der Waals surface area (Å²) in [6.07, 6.45) is 2.20. The van der Waals surface area contributed by atoms with Gasteiger partial charge in [0.05, 0.1) is 6.61 Å². The average Bonchev–Trinajstić information content (AvgIpc) is 2.64. The molecule has 2 rings (SSSR count). The van der Waals surface area contributed by atoms with E-state index in [0.29, 0.717) is 19.3 Å². The van der Waals surface area contributed by atoms with E-state index in [9.17, 15) is 14.7 Å². The molecule has 0 radical (unpaired) electrons. The standard InChI is InChI=1S/C21H25NO4/c1-2-26-21(25)19(15-17-11-13-18(23)14-12-17)22-20(24)10-6-9-16-7-4-3-5-8-16/h3-5,7-8,11-14,19,23H,2,6,9-10,15H2,1H3,(H,22,24)/t19-/m0/s1. The Kier molecular flexibility index (Phi) is 7.68. The van der Waals surface area contributed by atoms with Gasteiger partial charge in [0.1, 0.15) is 11.8 Å². The van der Waals surface area contributed by atoms with Gasteiger partial charge in [0.2, 0.25) is 5.91 Å². The summed E-state index contributed by atoms with van der Waals surface area (Å²) >= 11 is 0. The third-order valence-electron chi connectivity index (χ3n) is 3.99. The Hall–Kier alpha value is -2.82. The van der Waals surface area contributed by atoms with Gasteiger partial charge in [-0.1, -0.05) is 42.5 Å². The summed E-state index contributed by atoms with van der Waals surface area (Å²) in [6, 6.07) is 15.8. The minimum absolute atomic E-state index is 0.159. The van der Waals surface area contributed by atoms with Crippen LogP contribution in [0.2, 0.25) is 0 Å². The maximum atomic E-state index is 12.2. The molecule has 0 bridgehead atoms. The third-order valence-corrected chi connectivity index (χ3v) is 3.99. The van der Waals surface area contributed by atoms with E-state index in [0.717, 1.165) is 12.0 Å². The Morgan fingerprint density at radius 2 is 1.73 bits per heavy atom. The van der Waals surface area contributed by atoms with Gasteiger partial charge in [-0.25, -0.2) is 4.79 Å². The molecule has 2 N–H and O–H groups in total. The highest BCUT2D eigenvalue weighted by Gasteiger charge is 2.22. The van der Waals surface area contributed by atoms with Crippen LogP contribution in [-0.2, 0) is 27.2 Å². The number of aryl methyl sites for hydroxylation is 1. The molecular weight excluding hydrogens is 330 g/mol. The lowest BCUT2D eigenvalue weighted by Gasteiger charge is -2.17. The van der Waals surface area contributed by atoms with Crippen LogP contribution in [0.15, 0.2) is 54.6 Å². The van der Waals surface area contributed by atoms with E-state index in [1.165, 1.54) is 5.56 Å². The normalized spacial score (nSPS) is 11.6. The lowest BCUT2D eigenvalue weighted by atomic mass is 10.0. The molecule has 1 atom stereocenters. The van der Waals surface area contributed by atoms with Crippen LogP contribution in [-0.4, -0.2) is 29.6 Å². The van der Waals surface area contributed by atoms with Crippen LogP contribution in [0.5, 0.6) is 5.75 Å². The number of benzene rings is 2. The first-order valence-electron chi connectivity index (χ1n) is 8.86. The van der Waals surface area contributed by atoms with E-state index < -0.39 is 12.0 Å². The Bertz CT molecular complexity index is 698. The molecule has 5 heteroatoms. The van der Waals surface area contributed by atoms with E-state index >= 15 is 0 Å². The van der Waals surface area contributed by atoms with E-state index in [-0.39, 0.29) is 18.3 Å². The van der Waals surface area contributed by atoms with Gasteiger partial charge in [-0.05, 0) is 43.0 Å². The number of hydrogen-bond donors (Lipinski definition) is 2. The Labute approximate surface area is 154 Å². The number of hydrogen-bond acceptors (Lipinski definition) is 4. The number of nitrogens with one attached hydrogen (secondary N) is 1. The number of esters is 1. The summed E-state index contributed by atoms with van der Waals surface area (Å²) in [5.74, 6) is -0.457. The molecule has 138 valence electrons. The first-order chi connectivity index (χ1) is 12.6. The fourth-order valence-electron chi connectivity index (χ4n) is 2.67. The van der Waals surface area contributed by atoms with Crippen molar-refractivity contribution in [3.05, 3.63) is 65.7 Å². The molecule has 1 amide bonds. The zero-order chi connectivity index (χ0) is 18.8. The molecule has 0 saturated heterocycles. The van der Waals surface area contributed by atoms with Crippen molar-refractivity contribution in [3.63, 3.8) is 0 Å². The van der Waals surface area contributed by atoms with Gasteiger partial charge in [-0.15, -0.1) is 0 Å². The van der Waals surface area contributed by atoms with Crippen molar-refractivity contribution in [3.8, 4) is 5.75 Å². The molecule has 2 aromatic carbocycles. The third kappa shape index (κ3) is 6.59. The van der Waals surface area contributed by atoms with Crippen molar-refractivity contribution in [2.45, 2.75) is 38.6 Å². The molecule has 26 heavy (non-hydrogen) atoms. The van der Waals surface area contributed by atoms with Crippen molar-refractivity contribution >= 4 is 11.9 Å².